The van der Waals surface area contributed by atoms with Gasteiger partial charge in [-0.05, 0) is 43.8 Å². The van der Waals surface area contributed by atoms with E-state index in [1.54, 1.807) is 31.3 Å². The predicted octanol–water partition coefficient (Wildman–Crippen LogP) is 0.619. The maximum Gasteiger partial charge on any atom is 0.255 e. The Morgan fingerprint density at radius 1 is 1.09 bits per heavy atom. The molecular weight excluding hydrogens is 645 g/mol. The summed E-state index contributed by atoms with van der Waals surface area (Å²) in [7, 11) is 2.93. The molecule has 1 heterocycles. The number of benzene rings is 1. The molecule has 1 aromatic heterocycles. The van der Waals surface area contributed by atoms with Crippen molar-refractivity contribution in [3.8, 4) is 5.75 Å². The number of aliphatic hydroxyl groups is 4. The minimum absolute atomic E-state index is 0. The highest BCUT2D eigenvalue weighted by molar-refractivity contribution is 6.25. The fraction of sp³-hybridized carbons (Fsp3) is 0.367. The number of nitrogens with two attached hydrogens (primary N) is 1. The second kappa shape index (κ2) is 13.4. The summed E-state index contributed by atoms with van der Waals surface area (Å²) in [5.74, 6) is -10.4. The minimum atomic E-state index is -3.01. The molecule has 0 spiro atoms. The van der Waals surface area contributed by atoms with Crippen molar-refractivity contribution in [2.75, 3.05) is 26.0 Å². The highest BCUT2D eigenvalue weighted by Crippen LogP contribution is 2.56. The lowest BCUT2D eigenvalue weighted by Gasteiger charge is -2.53. The molecule has 2 aromatic rings. The van der Waals surface area contributed by atoms with Crippen molar-refractivity contribution in [2.24, 2.45) is 17.6 Å². The van der Waals surface area contributed by atoms with Gasteiger partial charge in [-0.15, -0.1) is 24.8 Å². The zero-order chi connectivity index (χ0) is 32.2. The predicted molar refractivity (Wildman–Crippen MR) is 169 cm³/mol. The summed E-state index contributed by atoms with van der Waals surface area (Å²) in [6.07, 6.45) is -0.0815. The number of phenolic OH excluding ortho intramolecular Hbond substituents is 1. The molecule has 14 nitrogen and oxygen atoms in total. The van der Waals surface area contributed by atoms with E-state index in [1.165, 1.54) is 31.1 Å². The zero-order valence-electron chi connectivity index (χ0n) is 24.9. The molecule has 0 radical (unpaired) electrons. The molecular formula is C30H35Cl2N5O9. The number of rotatable bonds is 7. The van der Waals surface area contributed by atoms with Crippen LogP contribution in [0.3, 0.4) is 0 Å². The van der Waals surface area contributed by atoms with Crippen molar-refractivity contribution < 1.29 is 44.7 Å². The van der Waals surface area contributed by atoms with Crippen LogP contribution in [0.2, 0.25) is 0 Å². The van der Waals surface area contributed by atoms with Crippen molar-refractivity contribution in [3.63, 3.8) is 0 Å². The second-order valence-corrected chi connectivity index (χ2v) is 11.4. The Morgan fingerprint density at radius 3 is 2.35 bits per heavy atom. The van der Waals surface area contributed by atoms with E-state index < -0.39 is 87.3 Å². The van der Waals surface area contributed by atoms with Crippen LogP contribution in [0, 0.1) is 11.8 Å². The molecule has 6 atom stereocenters. The number of fused-ring (bicyclic) bond motifs is 3. The highest BCUT2D eigenvalue weighted by atomic mass is 35.5. The van der Waals surface area contributed by atoms with Crippen molar-refractivity contribution in [2.45, 2.75) is 37.1 Å². The maximum absolute atomic E-state index is 14.0. The van der Waals surface area contributed by atoms with Gasteiger partial charge in [-0.2, -0.15) is 0 Å². The van der Waals surface area contributed by atoms with Gasteiger partial charge in [-0.3, -0.25) is 29.1 Å². The first-order valence-electron chi connectivity index (χ1n) is 13.8. The molecule has 2 amide bonds. The first-order chi connectivity index (χ1) is 20.7. The van der Waals surface area contributed by atoms with Crippen molar-refractivity contribution in [1.29, 1.82) is 0 Å². The average molecular weight is 681 g/mol. The molecule has 9 N–H and O–H groups in total. The molecule has 0 fully saturated rings. The van der Waals surface area contributed by atoms with Crippen LogP contribution in [0.5, 0.6) is 5.75 Å². The quantitative estimate of drug-likeness (QED) is 0.149. The van der Waals surface area contributed by atoms with Gasteiger partial charge in [-0.25, -0.2) is 0 Å². The van der Waals surface area contributed by atoms with Crippen molar-refractivity contribution >= 4 is 53.9 Å². The lowest BCUT2D eigenvalue weighted by Crippen LogP contribution is -2.68. The molecule has 248 valence electrons. The summed E-state index contributed by atoms with van der Waals surface area (Å²) in [5, 5.41) is 62.4. The number of halogens is 2. The standard InChI is InChI=1S/C30H33N5O9.2ClH/c1-12-14-7-8-15(34-16(36)11-32-10-13-6-4-5-9-33-13)23(37)18(14)24(38)19-17(12)25(39)21-22(35(2)3)26(40)20(29(31)43)28(42)30(21,44)27(19)41;;/h4-9,12,17,21-22,25,32,37,39-41,44H,10-11H2,1-3H3,(H2,31,43)(H,34,36);2*1H/t12?,17?,21?,22-,25?,30-;;/m0../s1. The number of likely N-dealkylation sites (N-methyl/N-ethyl adjacent to an activating group) is 1. The summed E-state index contributed by atoms with van der Waals surface area (Å²) in [5.41, 5.74) is 1.41. The average Bonchev–Trinajstić information content (AvgIpc) is 2.96. The number of carbonyl (C=O) groups excluding carboxylic acids is 4. The molecule has 16 heteroatoms. The number of aromatic hydroxyl groups is 1. The summed E-state index contributed by atoms with van der Waals surface area (Å²) in [6, 6.07) is 6.89. The molecule has 0 saturated heterocycles. The Bertz CT molecular complexity index is 1650. The Morgan fingerprint density at radius 2 is 1.76 bits per heavy atom. The van der Waals surface area contributed by atoms with Gasteiger partial charge in [0.1, 0.15) is 17.1 Å². The Hall–Kier alpha value is -4.05. The van der Waals surface area contributed by atoms with E-state index >= 15 is 0 Å². The van der Waals surface area contributed by atoms with E-state index in [4.69, 9.17) is 5.73 Å². The number of pyridine rings is 1. The number of primary amides is 1. The van der Waals surface area contributed by atoms with Crippen LogP contribution in [0.4, 0.5) is 5.69 Å². The zero-order valence-corrected chi connectivity index (χ0v) is 26.6. The lowest BCUT2D eigenvalue weighted by molar-refractivity contribution is -0.162. The van der Waals surface area contributed by atoms with E-state index in [0.717, 1.165) is 0 Å². The van der Waals surface area contributed by atoms with Crippen LogP contribution in [-0.4, -0.2) is 97.2 Å². The minimum Gasteiger partial charge on any atom is -0.510 e. The first kappa shape index (κ1) is 36.4. The van der Waals surface area contributed by atoms with Gasteiger partial charge in [0, 0.05) is 24.2 Å². The van der Waals surface area contributed by atoms with Gasteiger partial charge in [0.25, 0.3) is 5.91 Å². The third-order valence-corrected chi connectivity index (χ3v) is 8.72. The third kappa shape index (κ3) is 5.50. The van der Waals surface area contributed by atoms with Gasteiger partial charge < -0.3 is 41.9 Å². The molecule has 0 aliphatic heterocycles. The summed E-state index contributed by atoms with van der Waals surface area (Å²) < 4.78 is 0. The van der Waals surface area contributed by atoms with Gasteiger partial charge in [0.05, 0.1) is 41.6 Å². The number of carbonyl (C=O) groups is 4. The second-order valence-electron chi connectivity index (χ2n) is 11.4. The molecule has 0 bridgehead atoms. The number of Topliss-reactive ketones (excluding diaryl/α,β-unsaturated/α-hetero) is 2. The Kier molecular flexibility index (Phi) is 10.6. The molecule has 0 saturated carbocycles. The van der Waals surface area contributed by atoms with Gasteiger partial charge in [0.2, 0.25) is 11.7 Å². The Balaban J connectivity index is 0.00000288. The number of phenols is 1. The fourth-order valence-corrected chi connectivity index (χ4v) is 6.72. The number of hydrogen-bond donors (Lipinski definition) is 8. The van der Waals surface area contributed by atoms with Crippen molar-refractivity contribution in [1.82, 2.24) is 15.2 Å². The number of nitrogens with zero attached hydrogens (tertiary/aromatic N) is 2. The molecule has 3 aliphatic carbocycles. The topological polar surface area (TPSA) is 236 Å². The number of anilines is 1. The molecule has 4 unspecified atom stereocenters. The van der Waals surface area contributed by atoms with Crippen LogP contribution in [0.15, 0.2) is 59.2 Å². The van der Waals surface area contributed by atoms with Crippen LogP contribution in [-0.2, 0) is 20.9 Å². The normalized spacial score (nSPS) is 26.8. The van der Waals surface area contributed by atoms with Crippen LogP contribution in [0.25, 0.3) is 0 Å². The monoisotopic (exact) mass is 679 g/mol. The van der Waals surface area contributed by atoms with Crippen LogP contribution in [0.1, 0.15) is 34.5 Å². The van der Waals surface area contributed by atoms with E-state index in [1.807, 2.05) is 0 Å². The lowest BCUT2D eigenvalue weighted by atomic mass is 9.55. The highest BCUT2D eigenvalue weighted by Gasteiger charge is 2.67. The molecule has 1 aromatic carbocycles. The maximum atomic E-state index is 14.0. The van der Waals surface area contributed by atoms with E-state index in [0.29, 0.717) is 12.2 Å². The summed E-state index contributed by atoms with van der Waals surface area (Å²) >= 11 is 0. The van der Waals surface area contributed by atoms with E-state index in [9.17, 15) is 44.7 Å². The number of aliphatic hydroxyl groups excluding tert-OH is 3. The third-order valence-electron chi connectivity index (χ3n) is 8.72. The number of ketones is 2. The number of aromatic nitrogens is 1. The summed E-state index contributed by atoms with van der Waals surface area (Å²) in [6.45, 7) is 1.78. The van der Waals surface area contributed by atoms with Crippen LogP contribution < -0.4 is 16.4 Å². The van der Waals surface area contributed by atoms with Gasteiger partial charge in [0.15, 0.2) is 17.1 Å². The number of nitrogens with one attached hydrogen (secondary N) is 2. The molecule has 3 aliphatic rings. The Labute approximate surface area is 275 Å². The fourth-order valence-electron chi connectivity index (χ4n) is 6.72. The van der Waals surface area contributed by atoms with Crippen LogP contribution >= 0.6 is 24.8 Å². The SMILES string of the molecule is CC1c2ccc(NC(=O)CNCc3ccccn3)c(O)c2C(=O)C2=C(O)[C@]3(O)C(=O)C(C(N)=O)=C(O)[C@@H](N(C)C)C3C(O)C21.Cl.Cl. The first-order valence-corrected chi connectivity index (χ1v) is 13.8. The van der Waals surface area contributed by atoms with Gasteiger partial charge >= 0.3 is 0 Å². The number of amides is 2. The smallest absolute Gasteiger partial charge is 0.255 e. The summed E-state index contributed by atoms with van der Waals surface area (Å²) in [4.78, 5) is 57.7. The molecule has 46 heavy (non-hydrogen) atoms. The van der Waals surface area contributed by atoms with E-state index in [2.05, 4.69) is 15.6 Å². The van der Waals surface area contributed by atoms with Crippen molar-refractivity contribution in [3.05, 3.63) is 76.0 Å². The van der Waals surface area contributed by atoms with Gasteiger partial charge in [-0.1, -0.05) is 19.1 Å². The molecule has 5 rings (SSSR count). The largest absolute Gasteiger partial charge is 0.510 e. The van der Waals surface area contributed by atoms with E-state index in [-0.39, 0.29) is 48.2 Å². The number of hydrogen-bond acceptors (Lipinski definition) is 12.